The lowest BCUT2D eigenvalue weighted by atomic mass is 9.78. The van der Waals surface area contributed by atoms with Gasteiger partial charge in [-0.15, -0.1) is 0 Å². The maximum absolute atomic E-state index is 11.6. The molecule has 0 saturated heterocycles. The minimum Gasteiger partial charge on any atom is -0.392 e. The van der Waals surface area contributed by atoms with Crippen molar-refractivity contribution in [3.63, 3.8) is 0 Å². The zero-order chi connectivity index (χ0) is 10.8. The second-order valence-electron chi connectivity index (χ2n) is 5.16. The van der Waals surface area contributed by atoms with Gasteiger partial charge < -0.3 is 5.11 Å². The Labute approximate surface area is 81.3 Å². The van der Waals surface area contributed by atoms with Gasteiger partial charge in [-0.1, -0.05) is 41.5 Å². The predicted octanol–water partition coefficient (Wildman–Crippen LogP) is 2.25. The summed E-state index contributed by atoms with van der Waals surface area (Å²) in [5, 5.41) is 9.85. The van der Waals surface area contributed by atoms with Crippen LogP contribution in [0, 0.1) is 17.3 Å². The van der Waals surface area contributed by atoms with Crippen LogP contribution in [0.4, 0.5) is 0 Å². The first-order valence-electron chi connectivity index (χ1n) is 4.89. The lowest BCUT2D eigenvalue weighted by molar-refractivity contribution is -0.131. The summed E-state index contributed by atoms with van der Waals surface area (Å²) >= 11 is 0. The van der Waals surface area contributed by atoms with Gasteiger partial charge in [-0.05, 0) is 5.41 Å². The SMILES string of the molecule is CC(C)C(=O)C(C)C(O)C(C)(C)C. The summed E-state index contributed by atoms with van der Waals surface area (Å²) in [5.41, 5.74) is -0.218. The highest BCUT2D eigenvalue weighted by atomic mass is 16.3. The lowest BCUT2D eigenvalue weighted by Crippen LogP contribution is -2.38. The molecule has 1 N–H and O–H groups in total. The smallest absolute Gasteiger partial charge is 0.140 e. The number of aliphatic hydroxyl groups is 1. The van der Waals surface area contributed by atoms with Crippen LogP contribution in [-0.2, 0) is 4.79 Å². The van der Waals surface area contributed by atoms with E-state index in [4.69, 9.17) is 0 Å². The number of rotatable bonds is 3. The molecule has 2 nitrogen and oxygen atoms in total. The van der Waals surface area contributed by atoms with Crippen LogP contribution in [0.1, 0.15) is 41.5 Å². The van der Waals surface area contributed by atoms with E-state index in [1.807, 2.05) is 34.6 Å². The molecule has 0 aliphatic carbocycles. The van der Waals surface area contributed by atoms with Crippen LogP contribution in [0.3, 0.4) is 0 Å². The van der Waals surface area contributed by atoms with Crippen molar-refractivity contribution < 1.29 is 9.90 Å². The molecule has 0 bridgehead atoms. The molecule has 0 amide bonds. The minimum absolute atomic E-state index is 0.00648. The molecule has 2 atom stereocenters. The van der Waals surface area contributed by atoms with Gasteiger partial charge in [0.05, 0.1) is 6.10 Å². The molecule has 0 aromatic heterocycles. The monoisotopic (exact) mass is 186 g/mol. The van der Waals surface area contributed by atoms with E-state index in [2.05, 4.69) is 0 Å². The van der Waals surface area contributed by atoms with Gasteiger partial charge >= 0.3 is 0 Å². The molecular weight excluding hydrogens is 164 g/mol. The molecule has 13 heavy (non-hydrogen) atoms. The van der Waals surface area contributed by atoms with Crippen LogP contribution in [0.15, 0.2) is 0 Å². The zero-order valence-electron chi connectivity index (χ0n) is 9.59. The Morgan fingerprint density at radius 1 is 1.15 bits per heavy atom. The van der Waals surface area contributed by atoms with E-state index in [0.717, 1.165) is 0 Å². The normalized spacial score (nSPS) is 17.2. The van der Waals surface area contributed by atoms with Gasteiger partial charge in [-0.25, -0.2) is 0 Å². The molecule has 0 aromatic carbocycles. The molecule has 0 aromatic rings. The van der Waals surface area contributed by atoms with Crippen molar-refractivity contribution >= 4 is 5.78 Å². The average Bonchev–Trinajstić information content (AvgIpc) is 1.98. The Bertz CT molecular complexity index is 177. The summed E-state index contributed by atoms with van der Waals surface area (Å²) in [5.74, 6) is -0.116. The molecule has 78 valence electrons. The van der Waals surface area contributed by atoms with Crippen molar-refractivity contribution in [3.05, 3.63) is 0 Å². The molecule has 2 unspecified atom stereocenters. The Balaban J connectivity index is 4.43. The molecule has 0 aliphatic rings. The van der Waals surface area contributed by atoms with Crippen molar-refractivity contribution in [2.45, 2.75) is 47.6 Å². The lowest BCUT2D eigenvalue weighted by Gasteiger charge is -2.30. The molecule has 0 fully saturated rings. The van der Waals surface area contributed by atoms with E-state index in [-0.39, 0.29) is 23.0 Å². The Morgan fingerprint density at radius 3 is 1.77 bits per heavy atom. The third-order valence-corrected chi connectivity index (χ3v) is 2.38. The average molecular weight is 186 g/mol. The summed E-state index contributed by atoms with van der Waals surface area (Å²) in [6, 6.07) is 0. The summed E-state index contributed by atoms with van der Waals surface area (Å²) in [4.78, 5) is 11.6. The molecule has 0 rings (SSSR count). The van der Waals surface area contributed by atoms with E-state index in [1.54, 1.807) is 6.92 Å². The quantitative estimate of drug-likeness (QED) is 0.734. The van der Waals surface area contributed by atoms with Gasteiger partial charge in [0.2, 0.25) is 0 Å². The number of hydrogen-bond donors (Lipinski definition) is 1. The third kappa shape index (κ3) is 3.47. The van der Waals surface area contributed by atoms with Crippen molar-refractivity contribution in [2.75, 3.05) is 0 Å². The van der Waals surface area contributed by atoms with Gasteiger partial charge in [-0.2, -0.15) is 0 Å². The highest BCUT2D eigenvalue weighted by Crippen LogP contribution is 2.26. The van der Waals surface area contributed by atoms with Crippen LogP contribution >= 0.6 is 0 Å². The van der Waals surface area contributed by atoms with Gasteiger partial charge in [0.1, 0.15) is 5.78 Å². The first kappa shape index (κ1) is 12.6. The number of carbonyl (C=O) groups is 1. The maximum Gasteiger partial charge on any atom is 0.140 e. The van der Waals surface area contributed by atoms with Crippen molar-refractivity contribution in [3.8, 4) is 0 Å². The van der Waals surface area contributed by atoms with Gasteiger partial charge in [0.15, 0.2) is 0 Å². The Hall–Kier alpha value is -0.370. The summed E-state index contributed by atoms with van der Waals surface area (Å²) in [6.45, 7) is 11.4. The number of carbonyl (C=O) groups excluding carboxylic acids is 1. The molecule has 0 saturated carbocycles. The van der Waals surface area contributed by atoms with E-state index in [0.29, 0.717) is 0 Å². The van der Waals surface area contributed by atoms with Crippen molar-refractivity contribution in [1.29, 1.82) is 0 Å². The van der Waals surface area contributed by atoms with E-state index >= 15 is 0 Å². The maximum atomic E-state index is 11.6. The van der Waals surface area contributed by atoms with Crippen LogP contribution in [0.2, 0.25) is 0 Å². The van der Waals surface area contributed by atoms with Gasteiger partial charge in [-0.3, -0.25) is 4.79 Å². The first-order valence-corrected chi connectivity index (χ1v) is 4.89. The standard InChI is InChI=1S/C11H22O2/c1-7(2)9(12)8(3)10(13)11(4,5)6/h7-8,10,13H,1-6H3. The summed E-state index contributed by atoms with van der Waals surface area (Å²) in [7, 11) is 0. The van der Waals surface area contributed by atoms with Gasteiger partial charge in [0.25, 0.3) is 0 Å². The number of ketones is 1. The number of Topliss-reactive ketones (excluding diaryl/α,β-unsaturated/α-hetero) is 1. The summed E-state index contributed by atoms with van der Waals surface area (Å²) in [6.07, 6.45) is -0.553. The highest BCUT2D eigenvalue weighted by Gasteiger charge is 2.32. The minimum atomic E-state index is -0.553. The van der Waals surface area contributed by atoms with Crippen LogP contribution in [0.5, 0.6) is 0 Å². The predicted molar refractivity (Wildman–Crippen MR) is 54.5 cm³/mol. The topological polar surface area (TPSA) is 37.3 Å². The van der Waals surface area contributed by atoms with E-state index in [1.165, 1.54) is 0 Å². The molecule has 0 radical (unpaired) electrons. The second-order valence-corrected chi connectivity index (χ2v) is 5.16. The highest BCUT2D eigenvalue weighted by molar-refractivity contribution is 5.83. The summed E-state index contributed by atoms with van der Waals surface area (Å²) < 4.78 is 0. The van der Waals surface area contributed by atoms with E-state index < -0.39 is 6.10 Å². The van der Waals surface area contributed by atoms with Crippen LogP contribution in [0.25, 0.3) is 0 Å². The Kier molecular flexibility index (Phi) is 4.11. The van der Waals surface area contributed by atoms with Crippen LogP contribution < -0.4 is 0 Å². The zero-order valence-corrected chi connectivity index (χ0v) is 9.59. The fraction of sp³-hybridized carbons (Fsp3) is 0.909. The van der Waals surface area contributed by atoms with E-state index in [9.17, 15) is 9.90 Å². The third-order valence-electron chi connectivity index (χ3n) is 2.38. The first-order chi connectivity index (χ1) is 5.68. The second kappa shape index (κ2) is 4.23. The molecule has 0 spiro atoms. The van der Waals surface area contributed by atoms with Gasteiger partial charge in [0, 0.05) is 11.8 Å². The Morgan fingerprint density at radius 2 is 1.54 bits per heavy atom. The fourth-order valence-corrected chi connectivity index (χ4v) is 1.43. The number of aliphatic hydroxyl groups excluding tert-OH is 1. The van der Waals surface area contributed by atoms with Crippen molar-refractivity contribution in [1.82, 2.24) is 0 Å². The number of hydrogen-bond acceptors (Lipinski definition) is 2. The fourth-order valence-electron chi connectivity index (χ4n) is 1.43. The largest absolute Gasteiger partial charge is 0.392 e. The molecule has 0 aliphatic heterocycles. The molecule has 0 heterocycles. The molecule has 2 heteroatoms. The molecular formula is C11H22O2. The van der Waals surface area contributed by atoms with Crippen molar-refractivity contribution in [2.24, 2.45) is 17.3 Å². The van der Waals surface area contributed by atoms with Crippen LogP contribution in [-0.4, -0.2) is 17.0 Å².